The fraction of sp³-hybridized carbons (Fsp3) is 0.263. The van der Waals surface area contributed by atoms with Gasteiger partial charge in [-0.2, -0.15) is 9.78 Å². The lowest BCUT2D eigenvalue weighted by Crippen LogP contribution is -2.22. The maximum Gasteiger partial charge on any atom is 0.256 e. The summed E-state index contributed by atoms with van der Waals surface area (Å²) in [5, 5.41) is 7.16. The van der Waals surface area contributed by atoms with Gasteiger partial charge in [-0.25, -0.2) is 4.98 Å². The van der Waals surface area contributed by atoms with Crippen LogP contribution in [0.3, 0.4) is 0 Å². The molecule has 0 saturated heterocycles. The second-order valence-corrected chi connectivity index (χ2v) is 6.41. The zero-order valence-electron chi connectivity index (χ0n) is 15.7. The fourth-order valence-corrected chi connectivity index (χ4v) is 3.09. The molecule has 0 aliphatic carbocycles. The van der Waals surface area contributed by atoms with Gasteiger partial charge >= 0.3 is 0 Å². The third-order valence-electron chi connectivity index (χ3n) is 4.47. The summed E-state index contributed by atoms with van der Waals surface area (Å²) in [7, 11) is 0. The van der Waals surface area contributed by atoms with E-state index in [1.807, 2.05) is 6.92 Å². The number of fused-ring (bicyclic) bond motifs is 1. The Morgan fingerprint density at radius 2 is 2.04 bits per heavy atom. The van der Waals surface area contributed by atoms with Crippen molar-refractivity contribution in [3.63, 3.8) is 0 Å². The molecule has 0 atom stereocenters. The van der Waals surface area contributed by atoms with Crippen molar-refractivity contribution in [1.82, 2.24) is 19.7 Å². The molecule has 1 amide bonds. The van der Waals surface area contributed by atoms with E-state index >= 15 is 0 Å². The van der Waals surface area contributed by atoms with Gasteiger partial charge in [0.1, 0.15) is 5.82 Å². The molecule has 1 aliphatic heterocycles. The molecule has 144 valence electrons. The van der Waals surface area contributed by atoms with E-state index in [0.717, 1.165) is 0 Å². The van der Waals surface area contributed by atoms with Crippen LogP contribution in [0.15, 0.2) is 29.1 Å². The van der Waals surface area contributed by atoms with E-state index < -0.39 is 0 Å². The van der Waals surface area contributed by atoms with Gasteiger partial charge in [0.2, 0.25) is 12.7 Å². The molecule has 0 bridgehead atoms. The average molecular weight is 381 g/mol. The number of carbonyl (C=O) groups excluding carboxylic acids is 1. The summed E-state index contributed by atoms with van der Waals surface area (Å²) in [5.41, 5.74) is 2.11. The van der Waals surface area contributed by atoms with E-state index in [0.29, 0.717) is 46.3 Å². The molecular weight excluding hydrogens is 362 g/mol. The van der Waals surface area contributed by atoms with Gasteiger partial charge in [0.15, 0.2) is 11.5 Å². The maximum absolute atomic E-state index is 12.7. The third kappa shape index (κ3) is 3.11. The Bertz CT molecular complexity index is 1130. The molecule has 2 aromatic heterocycles. The minimum atomic E-state index is -0.344. The number of H-pyrrole nitrogens is 1. The molecule has 2 N–H and O–H groups in total. The van der Waals surface area contributed by atoms with Gasteiger partial charge in [-0.1, -0.05) is 6.92 Å². The number of hydrogen-bond donors (Lipinski definition) is 2. The molecule has 4 rings (SSSR count). The van der Waals surface area contributed by atoms with Crippen LogP contribution >= 0.6 is 0 Å². The summed E-state index contributed by atoms with van der Waals surface area (Å²) < 4.78 is 12.0. The number of carbonyl (C=O) groups is 1. The SMILES string of the molecule is CCc1c(C)nc(-n2nc(C)cc2NC(=O)c2ccc3c(c2)OCO3)[nH]c1=O. The molecule has 0 saturated carbocycles. The van der Waals surface area contributed by atoms with Gasteiger partial charge in [0, 0.05) is 22.9 Å². The minimum absolute atomic E-state index is 0.137. The van der Waals surface area contributed by atoms with Crippen LogP contribution in [0, 0.1) is 13.8 Å². The molecular formula is C19H19N5O4. The highest BCUT2D eigenvalue weighted by molar-refractivity contribution is 6.04. The number of rotatable bonds is 4. The van der Waals surface area contributed by atoms with Crippen molar-refractivity contribution < 1.29 is 14.3 Å². The van der Waals surface area contributed by atoms with Crippen molar-refractivity contribution in [2.24, 2.45) is 0 Å². The quantitative estimate of drug-likeness (QED) is 0.716. The molecule has 28 heavy (non-hydrogen) atoms. The van der Waals surface area contributed by atoms with E-state index in [1.165, 1.54) is 4.68 Å². The highest BCUT2D eigenvalue weighted by Gasteiger charge is 2.19. The highest BCUT2D eigenvalue weighted by Crippen LogP contribution is 2.32. The van der Waals surface area contributed by atoms with Crippen molar-refractivity contribution in [3.05, 3.63) is 57.1 Å². The van der Waals surface area contributed by atoms with E-state index in [9.17, 15) is 9.59 Å². The predicted molar refractivity (Wildman–Crippen MR) is 101 cm³/mol. The van der Waals surface area contributed by atoms with Crippen molar-refractivity contribution in [2.45, 2.75) is 27.2 Å². The first-order valence-electron chi connectivity index (χ1n) is 8.84. The lowest BCUT2D eigenvalue weighted by molar-refractivity contribution is 0.102. The number of amides is 1. The van der Waals surface area contributed by atoms with E-state index in [-0.39, 0.29) is 24.2 Å². The predicted octanol–water partition coefficient (Wildman–Crippen LogP) is 2.12. The number of aromatic nitrogens is 4. The summed E-state index contributed by atoms with van der Waals surface area (Å²) in [6, 6.07) is 6.65. The smallest absolute Gasteiger partial charge is 0.256 e. The van der Waals surface area contributed by atoms with Crippen LogP contribution < -0.4 is 20.3 Å². The third-order valence-corrected chi connectivity index (χ3v) is 4.47. The Morgan fingerprint density at radius 1 is 1.25 bits per heavy atom. The molecule has 1 aliphatic rings. The number of aromatic amines is 1. The topological polar surface area (TPSA) is 111 Å². The number of hydrogen-bond acceptors (Lipinski definition) is 6. The second-order valence-electron chi connectivity index (χ2n) is 6.41. The van der Waals surface area contributed by atoms with Crippen molar-refractivity contribution in [2.75, 3.05) is 12.1 Å². The molecule has 0 spiro atoms. The van der Waals surface area contributed by atoms with Crippen LogP contribution in [0.25, 0.3) is 5.95 Å². The number of ether oxygens (including phenoxy) is 2. The van der Waals surface area contributed by atoms with E-state index in [2.05, 4.69) is 20.4 Å². The van der Waals surface area contributed by atoms with Crippen LogP contribution in [0.5, 0.6) is 11.5 Å². The fourth-order valence-electron chi connectivity index (χ4n) is 3.09. The van der Waals surface area contributed by atoms with Crippen LogP contribution in [0.1, 0.15) is 34.2 Å². The van der Waals surface area contributed by atoms with E-state index in [4.69, 9.17) is 9.47 Å². The molecule has 0 fully saturated rings. The molecule has 3 heterocycles. The van der Waals surface area contributed by atoms with Crippen molar-refractivity contribution in [3.8, 4) is 17.4 Å². The molecule has 3 aromatic rings. The number of aryl methyl sites for hydroxylation is 2. The first-order chi connectivity index (χ1) is 13.5. The summed E-state index contributed by atoms with van der Waals surface area (Å²) >= 11 is 0. The number of nitrogens with one attached hydrogen (secondary N) is 2. The van der Waals surface area contributed by atoms with Gasteiger partial charge in [0.25, 0.3) is 11.5 Å². The summed E-state index contributed by atoms with van der Waals surface area (Å²) in [6.07, 6.45) is 0.584. The zero-order valence-corrected chi connectivity index (χ0v) is 15.7. The molecule has 9 nitrogen and oxygen atoms in total. The van der Waals surface area contributed by atoms with Crippen LogP contribution in [0.4, 0.5) is 5.82 Å². The summed E-state index contributed by atoms with van der Waals surface area (Å²) in [6.45, 7) is 5.60. The number of nitrogens with zero attached hydrogens (tertiary/aromatic N) is 3. The Labute approximate surface area is 160 Å². The molecule has 0 unspecified atom stereocenters. The van der Waals surface area contributed by atoms with Gasteiger partial charge < -0.3 is 14.8 Å². The number of anilines is 1. The number of benzene rings is 1. The van der Waals surface area contributed by atoms with E-state index in [1.54, 1.807) is 38.1 Å². The Hall–Kier alpha value is -3.62. The van der Waals surface area contributed by atoms with Crippen molar-refractivity contribution >= 4 is 11.7 Å². The lowest BCUT2D eigenvalue weighted by Gasteiger charge is -2.10. The normalized spacial score (nSPS) is 12.2. The van der Waals surface area contributed by atoms with Crippen LogP contribution in [-0.4, -0.2) is 32.4 Å². The van der Waals surface area contributed by atoms with Crippen molar-refractivity contribution in [1.29, 1.82) is 0 Å². The van der Waals surface area contributed by atoms with Crippen LogP contribution in [0.2, 0.25) is 0 Å². The highest BCUT2D eigenvalue weighted by atomic mass is 16.7. The molecule has 1 aromatic carbocycles. The minimum Gasteiger partial charge on any atom is -0.454 e. The first-order valence-corrected chi connectivity index (χ1v) is 8.84. The first kappa shape index (κ1) is 17.8. The van der Waals surface area contributed by atoms with Gasteiger partial charge in [0.05, 0.1) is 5.69 Å². The largest absolute Gasteiger partial charge is 0.454 e. The zero-order chi connectivity index (χ0) is 19.8. The Morgan fingerprint density at radius 3 is 2.79 bits per heavy atom. The monoisotopic (exact) mass is 381 g/mol. The lowest BCUT2D eigenvalue weighted by atomic mass is 10.2. The summed E-state index contributed by atoms with van der Waals surface area (Å²) in [5.74, 6) is 1.42. The summed E-state index contributed by atoms with van der Waals surface area (Å²) in [4.78, 5) is 32.1. The van der Waals surface area contributed by atoms with Gasteiger partial charge in [-0.05, 0) is 38.5 Å². The molecule has 0 radical (unpaired) electrons. The van der Waals surface area contributed by atoms with Crippen LogP contribution in [-0.2, 0) is 6.42 Å². The molecule has 9 heteroatoms. The Kier molecular flexibility index (Phi) is 4.34. The van der Waals surface area contributed by atoms with Gasteiger partial charge in [-0.15, -0.1) is 0 Å². The second kappa shape index (κ2) is 6.84. The maximum atomic E-state index is 12.7. The van der Waals surface area contributed by atoms with Gasteiger partial charge in [-0.3, -0.25) is 14.6 Å². The average Bonchev–Trinajstić information content (AvgIpc) is 3.26. The standard InChI is InChI=1S/C19H19N5O4/c1-4-13-11(3)20-19(22-18(13)26)24-16(7-10(2)23-24)21-17(25)12-5-6-14-15(8-12)28-9-27-14/h5-8H,4,9H2,1-3H3,(H,21,25)(H,20,22,26). The Balaban J connectivity index is 1.67.